The lowest BCUT2D eigenvalue weighted by atomic mass is 9.97. The third-order valence-corrected chi connectivity index (χ3v) is 5.55. The van der Waals surface area contributed by atoms with Gasteiger partial charge in [-0.1, -0.05) is 6.92 Å². The molecule has 1 unspecified atom stereocenters. The lowest BCUT2D eigenvalue weighted by Crippen LogP contribution is -2.25. The number of nitrogens with zero attached hydrogens (tertiary/aromatic N) is 1. The zero-order valence-electron chi connectivity index (χ0n) is 12.0. The van der Waals surface area contributed by atoms with Crippen molar-refractivity contribution in [1.29, 1.82) is 0 Å². The minimum atomic E-state index is -0.234. The predicted octanol–water partition coefficient (Wildman–Crippen LogP) is 5.09. The predicted molar refractivity (Wildman–Crippen MR) is 89.2 cm³/mol. The van der Waals surface area contributed by atoms with Gasteiger partial charge in [-0.05, 0) is 66.4 Å². The average molecular weight is 369 g/mol. The Labute approximate surface area is 136 Å². The molecule has 0 radical (unpaired) electrons. The van der Waals surface area contributed by atoms with Gasteiger partial charge in [-0.2, -0.15) is 0 Å². The van der Waals surface area contributed by atoms with Crippen LogP contribution in [-0.2, 0) is 6.42 Å². The van der Waals surface area contributed by atoms with E-state index in [4.69, 9.17) is 4.98 Å². The van der Waals surface area contributed by atoms with Gasteiger partial charge >= 0.3 is 0 Å². The van der Waals surface area contributed by atoms with Crippen molar-refractivity contribution in [2.75, 3.05) is 6.54 Å². The van der Waals surface area contributed by atoms with Crippen LogP contribution in [0.3, 0.4) is 0 Å². The number of aryl methyl sites for hydroxylation is 1. The molecule has 0 bridgehead atoms. The fourth-order valence-corrected chi connectivity index (χ4v) is 4.23. The molecular formula is C16H18BrFN2S. The van der Waals surface area contributed by atoms with Crippen molar-refractivity contribution < 1.29 is 4.39 Å². The van der Waals surface area contributed by atoms with E-state index in [9.17, 15) is 4.39 Å². The SMILES string of the molecule is CCCNC1CCCc2sc(-c3ccc(F)c(Br)c3)nc21. The maximum Gasteiger partial charge on any atom is 0.137 e. The number of hydrogen-bond donors (Lipinski definition) is 1. The molecule has 1 heterocycles. The number of thiazole rings is 1. The summed E-state index contributed by atoms with van der Waals surface area (Å²) < 4.78 is 13.9. The summed E-state index contributed by atoms with van der Waals surface area (Å²) in [4.78, 5) is 6.22. The minimum absolute atomic E-state index is 0.234. The Morgan fingerprint density at radius 1 is 1.48 bits per heavy atom. The van der Waals surface area contributed by atoms with Crippen molar-refractivity contribution in [3.63, 3.8) is 0 Å². The zero-order valence-corrected chi connectivity index (χ0v) is 14.4. The van der Waals surface area contributed by atoms with E-state index >= 15 is 0 Å². The molecule has 112 valence electrons. The van der Waals surface area contributed by atoms with Gasteiger partial charge in [-0.15, -0.1) is 11.3 Å². The lowest BCUT2D eigenvalue weighted by molar-refractivity contribution is 0.454. The minimum Gasteiger partial charge on any atom is -0.309 e. The summed E-state index contributed by atoms with van der Waals surface area (Å²) in [5.74, 6) is -0.234. The Hall–Kier alpha value is -0.780. The maximum atomic E-state index is 13.4. The van der Waals surface area contributed by atoms with Gasteiger partial charge in [0.05, 0.1) is 16.2 Å². The molecule has 0 spiro atoms. The molecule has 1 N–H and O–H groups in total. The first kappa shape index (κ1) is 15.1. The van der Waals surface area contributed by atoms with Crippen LogP contribution in [0.15, 0.2) is 22.7 Å². The molecule has 1 aliphatic carbocycles. The van der Waals surface area contributed by atoms with Crippen molar-refractivity contribution >= 4 is 27.3 Å². The molecule has 0 aliphatic heterocycles. The van der Waals surface area contributed by atoms with E-state index in [-0.39, 0.29) is 5.82 Å². The Morgan fingerprint density at radius 3 is 3.10 bits per heavy atom. The highest BCUT2D eigenvalue weighted by atomic mass is 79.9. The van der Waals surface area contributed by atoms with Crippen molar-refractivity contribution in [3.05, 3.63) is 39.1 Å². The first-order valence-electron chi connectivity index (χ1n) is 7.37. The summed E-state index contributed by atoms with van der Waals surface area (Å²) in [6.45, 7) is 3.21. The van der Waals surface area contributed by atoms with E-state index in [1.54, 1.807) is 17.4 Å². The number of hydrogen-bond acceptors (Lipinski definition) is 3. The van der Waals surface area contributed by atoms with Crippen LogP contribution in [0.25, 0.3) is 10.6 Å². The van der Waals surface area contributed by atoms with Crippen LogP contribution in [0.5, 0.6) is 0 Å². The molecular weight excluding hydrogens is 351 g/mol. The molecule has 0 fully saturated rings. The number of fused-ring (bicyclic) bond motifs is 1. The third-order valence-electron chi connectivity index (χ3n) is 3.76. The highest BCUT2D eigenvalue weighted by Crippen LogP contribution is 2.37. The van der Waals surface area contributed by atoms with Crippen LogP contribution in [0.4, 0.5) is 4.39 Å². The smallest absolute Gasteiger partial charge is 0.137 e. The summed E-state index contributed by atoms with van der Waals surface area (Å²) in [6, 6.07) is 5.49. The standard InChI is InChI=1S/C16H18BrFN2S/c1-2-8-19-13-4-3-5-14-15(13)20-16(21-14)10-6-7-12(18)11(17)9-10/h6-7,9,13,19H,2-5,8H2,1H3. The Balaban J connectivity index is 1.91. The van der Waals surface area contributed by atoms with E-state index in [0.29, 0.717) is 10.5 Å². The van der Waals surface area contributed by atoms with E-state index in [2.05, 4.69) is 28.2 Å². The first-order valence-corrected chi connectivity index (χ1v) is 8.98. The molecule has 0 saturated heterocycles. The Kier molecular flexibility index (Phi) is 4.72. The van der Waals surface area contributed by atoms with Crippen LogP contribution >= 0.6 is 27.3 Å². The van der Waals surface area contributed by atoms with Gasteiger partial charge < -0.3 is 5.32 Å². The maximum absolute atomic E-state index is 13.4. The van der Waals surface area contributed by atoms with Gasteiger partial charge in [0.1, 0.15) is 10.8 Å². The number of halogens is 2. The van der Waals surface area contributed by atoms with Crippen LogP contribution in [-0.4, -0.2) is 11.5 Å². The Bertz CT molecular complexity index is 641. The molecule has 21 heavy (non-hydrogen) atoms. The normalized spacial score (nSPS) is 17.8. The monoisotopic (exact) mass is 368 g/mol. The van der Waals surface area contributed by atoms with E-state index < -0.39 is 0 Å². The zero-order chi connectivity index (χ0) is 14.8. The first-order chi connectivity index (χ1) is 10.2. The Morgan fingerprint density at radius 2 is 2.33 bits per heavy atom. The fraction of sp³-hybridized carbons (Fsp3) is 0.438. The van der Waals surface area contributed by atoms with Crippen LogP contribution in [0.1, 0.15) is 42.8 Å². The van der Waals surface area contributed by atoms with Crippen molar-refractivity contribution in [2.24, 2.45) is 0 Å². The summed E-state index contributed by atoms with van der Waals surface area (Å²) >= 11 is 5.00. The quantitative estimate of drug-likeness (QED) is 0.812. The van der Waals surface area contributed by atoms with Gasteiger partial charge in [0, 0.05) is 10.4 Å². The lowest BCUT2D eigenvalue weighted by Gasteiger charge is -2.22. The number of rotatable bonds is 4. The summed E-state index contributed by atoms with van der Waals surface area (Å²) in [5.41, 5.74) is 2.19. The van der Waals surface area contributed by atoms with Gasteiger partial charge in [-0.3, -0.25) is 0 Å². The molecule has 5 heteroatoms. The van der Waals surface area contributed by atoms with E-state index in [1.807, 2.05) is 6.07 Å². The van der Waals surface area contributed by atoms with Gasteiger partial charge in [-0.25, -0.2) is 9.37 Å². The largest absolute Gasteiger partial charge is 0.309 e. The van der Waals surface area contributed by atoms with Crippen LogP contribution < -0.4 is 5.32 Å². The van der Waals surface area contributed by atoms with Gasteiger partial charge in [0.2, 0.25) is 0 Å². The second-order valence-corrected chi connectivity index (χ2v) is 7.29. The number of nitrogens with one attached hydrogen (secondary N) is 1. The van der Waals surface area contributed by atoms with Gasteiger partial charge in [0.25, 0.3) is 0 Å². The summed E-state index contributed by atoms with van der Waals surface area (Å²) in [5, 5.41) is 4.58. The molecule has 1 atom stereocenters. The molecule has 2 aromatic rings. The molecule has 1 aliphatic rings. The summed E-state index contributed by atoms with van der Waals surface area (Å²) in [7, 11) is 0. The van der Waals surface area contributed by atoms with Gasteiger partial charge in [0.15, 0.2) is 0 Å². The molecule has 3 rings (SSSR count). The highest BCUT2D eigenvalue weighted by molar-refractivity contribution is 9.10. The molecule has 1 aromatic carbocycles. The second-order valence-electron chi connectivity index (χ2n) is 5.36. The third kappa shape index (κ3) is 3.20. The van der Waals surface area contributed by atoms with E-state index in [0.717, 1.165) is 36.4 Å². The summed E-state index contributed by atoms with van der Waals surface area (Å²) in [6.07, 6.45) is 4.61. The average Bonchev–Trinajstić information content (AvgIpc) is 2.92. The van der Waals surface area contributed by atoms with Crippen molar-refractivity contribution in [1.82, 2.24) is 10.3 Å². The van der Waals surface area contributed by atoms with Crippen molar-refractivity contribution in [3.8, 4) is 10.6 Å². The molecule has 2 nitrogen and oxygen atoms in total. The molecule has 0 saturated carbocycles. The van der Waals surface area contributed by atoms with E-state index in [1.165, 1.54) is 23.1 Å². The molecule has 1 aromatic heterocycles. The second kappa shape index (κ2) is 6.55. The molecule has 0 amide bonds. The number of benzene rings is 1. The number of aromatic nitrogens is 1. The van der Waals surface area contributed by atoms with Crippen LogP contribution in [0, 0.1) is 5.82 Å². The van der Waals surface area contributed by atoms with Crippen molar-refractivity contribution in [2.45, 2.75) is 38.6 Å². The van der Waals surface area contributed by atoms with Crippen LogP contribution in [0.2, 0.25) is 0 Å². The fourth-order valence-electron chi connectivity index (χ4n) is 2.69. The highest BCUT2D eigenvalue weighted by Gasteiger charge is 2.24. The topological polar surface area (TPSA) is 24.9 Å².